The van der Waals surface area contributed by atoms with Crippen LogP contribution >= 0.6 is 0 Å². The van der Waals surface area contributed by atoms with Crippen molar-refractivity contribution >= 4 is 5.91 Å². The molecule has 4 aliphatic carbocycles. The number of rotatable bonds is 3. The average molecular weight is 340 g/mol. The maximum atomic E-state index is 12.7. The summed E-state index contributed by atoms with van der Waals surface area (Å²) < 4.78 is 0. The first kappa shape index (κ1) is 17.1. The molecule has 25 heavy (non-hydrogen) atoms. The van der Waals surface area contributed by atoms with Gasteiger partial charge in [-0.25, -0.2) is 0 Å². The Hall–Kier alpha value is -1.31. The van der Waals surface area contributed by atoms with Crippen LogP contribution in [0.3, 0.4) is 0 Å². The lowest BCUT2D eigenvalue weighted by atomic mass is 9.49. The summed E-state index contributed by atoms with van der Waals surface area (Å²) in [5.41, 5.74) is 3.89. The molecule has 2 heteroatoms. The first-order valence-electron chi connectivity index (χ1n) is 10.1. The summed E-state index contributed by atoms with van der Waals surface area (Å²) in [5.74, 6) is 2.93. The predicted molar refractivity (Wildman–Crippen MR) is 103 cm³/mol. The van der Waals surface area contributed by atoms with Crippen LogP contribution in [0.4, 0.5) is 0 Å². The summed E-state index contributed by atoms with van der Waals surface area (Å²) in [6.45, 7) is 9.68. The lowest BCUT2D eigenvalue weighted by Gasteiger charge is -2.56. The zero-order chi connectivity index (χ0) is 17.8. The van der Waals surface area contributed by atoms with Gasteiger partial charge in [-0.1, -0.05) is 26.8 Å². The summed E-state index contributed by atoms with van der Waals surface area (Å²) in [7, 11) is 0. The lowest BCUT2D eigenvalue weighted by Crippen LogP contribution is -2.51. The number of aryl methyl sites for hydroxylation is 1. The van der Waals surface area contributed by atoms with Crippen LogP contribution in [-0.4, -0.2) is 12.5 Å². The van der Waals surface area contributed by atoms with Gasteiger partial charge in [-0.2, -0.15) is 0 Å². The Labute approximate surface area is 152 Å². The van der Waals surface area contributed by atoms with Crippen LogP contribution in [-0.2, 0) is 5.41 Å². The van der Waals surface area contributed by atoms with E-state index in [0.717, 1.165) is 29.9 Å². The van der Waals surface area contributed by atoms with Crippen LogP contribution in [0, 0.1) is 30.1 Å². The third-order valence-corrected chi connectivity index (χ3v) is 7.09. The van der Waals surface area contributed by atoms with E-state index in [0.29, 0.717) is 5.41 Å². The van der Waals surface area contributed by atoms with Gasteiger partial charge in [-0.3, -0.25) is 4.79 Å². The highest BCUT2D eigenvalue weighted by Crippen LogP contribution is 2.59. The third kappa shape index (κ3) is 3.25. The van der Waals surface area contributed by atoms with E-state index in [2.05, 4.69) is 45.1 Å². The molecule has 1 N–H and O–H groups in total. The molecule has 0 unspecified atom stereocenters. The lowest BCUT2D eigenvalue weighted by molar-refractivity contribution is -0.0503. The highest BCUT2D eigenvalue weighted by Gasteiger charge is 2.50. The molecular formula is C23H33NO. The fourth-order valence-corrected chi connectivity index (χ4v) is 6.52. The maximum absolute atomic E-state index is 12.7. The van der Waals surface area contributed by atoms with Crippen LogP contribution in [0.2, 0.25) is 0 Å². The molecule has 1 amide bonds. The molecule has 0 heterocycles. The number of amides is 1. The topological polar surface area (TPSA) is 29.1 Å². The molecule has 4 saturated carbocycles. The second-order valence-corrected chi connectivity index (χ2v) is 10.4. The van der Waals surface area contributed by atoms with E-state index >= 15 is 0 Å². The Morgan fingerprint density at radius 3 is 2.12 bits per heavy atom. The Morgan fingerprint density at radius 1 is 1.08 bits per heavy atom. The number of carbonyl (C=O) groups excluding carboxylic acids is 1. The Bertz CT molecular complexity index is 647. The highest BCUT2D eigenvalue weighted by molar-refractivity contribution is 5.94. The first-order valence-corrected chi connectivity index (χ1v) is 10.1. The number of benzene rings is 1. The Balaban J connectivity index is 1.44. The molecule has 0 aromatic heterocycles. The van der Waals surface area contributed by atoms with E-state index < -0.39 is 0 Å². The molecule has 1 aromatic rings. The molecule has 4 aliphatic rings. The second kappa shape index (κ2) is 5.86. The van der Waals surface area contributed by atoms with Gasteiger partial charge in [0.05, 0.1) is 0 Å². The molecule has 0 spiro atoms. The minimum Gasteiger partial charge on any atom is -0.351 e. The fraction of sp³-hybridized carbons (Fsp3) is 0.696. The van der Waals surface area contributed by atoms with Crippen molar-refractivity contribution in [3.8, 4) is 0 Å². The predicted octanol–water partition coefficient (Wildman–Crippen LogP) is 5.24. The Kier molecular flexibility index (Phi) is 4.01. The summed E-state index contributed by atoms with van der Waals surface area (Å²) in [4.78, 5) is 12.7. The number of hydrogen-bond acceptors (Lipinski definition) is 1. The number of nitrogens with one attached hydrogen (secondary N) is 1. The van der Waals surface area contributed by atoms with E-state index in [1.165, 1.54) is 49.7 Å². The summed E-state index contributed by atoms with van der Waals surface area (Å²) in [6, 6.07) is 6.20. The molecule has 0 radical (unpaired) electrons. The average Bonchev–Trinajstić information content (AvgIpc) is 2.50. The van der Waals surface area contributed by atoms with Crippen LogP contribution in [0.15, 0.2) is 18.2 Å². The normalized spacial score (nSPS) is 33.5. The van der Waals surface area contributed by atoms with E-state index in [9.17, 15) is 4.79 Å². The minimum atomic E-state index is 0.110. The van der Waals surface area contributed by atoms with Crippen molar-refractivity contribution in [2.75, 3.05) is 6.54 Å². The van der Waals surface area contributed by atoms with Gasteiger partial charge in [0.15, 0.2) is 0 Å². The van der Waals surface area contributed by atoms with E-state index in [-0.39, 0.29) is 11.3 Å². The van der Waals surface area contributed by atoms with Gasteiger partial charge in [0.2, 0.25) is 0 Å². The smallest absolute Gasteiger partial charge is 0.251 e. The van der Waals surface area contributed by atoms with Crippen LogP contribution in [0.5, 0.6) is 0 Å². The van der Waals surface area contributed by atoms with E-state index in [4.69, 9.17) is 0 Å². The summed E-state index contributed by atoms with van der Waals surface area (Å²) in [5, 5.41) is 3.30. The molecule has 2 nitrogen and oxygen atoms in total. The molecular weight excluding hydrogens is 306 g/mol. The van der Waals surface area contributed by atoms with E-state index in [1.54, 1.807) is 0 Å². The molecule has 4 bridgehead atoms. The zero-order valence-electron chi connectivity index (χ0n) is 16.3. The Morgan fingerprint density at radius 2 is 1.64 bits per heavy atom. The molecule has 5 rings (SSSR count). The van der Waals surface area contributed by atoms with Crippen molar-refractivity contribution in [2.24, 2.45) is 23.2 Å². The van der Waals surface area contributed by atoms with E-state index in [1.807, 2.05) is 6.07 Å². The maximum Gasteiger partial charge on any atom is 0.251 e. The molecule has 0 aliphatic heterocycles. The first-order chi connectivity index (χ1) is 11.7. The molecule has 136 valence electrons. The molecule has 1 aromatic carbocycles. The van der Waals surface area contributed by atoms with Crippen molar-refractivity contribution in [1.29, 1.82) is 0 Å². The van der Waals surface area contributed by atoms with Gasteiger partial charge in [0, 0.05) is 12.1 Å². The van der Waals surface area contributed by atoms with Gasteiger partial charge in [-0.05, 0) is 97.3 Å². The number of carbonyl (C=O) groups is 1. The molecule has 0 atom stereocenters. The van der Waals surface area contributed by atoms with Crippen molar-refractivity contribution in [3.63, 3.8) is 0 Å². The fourth-order valence-electron chi connectivity index (χ4n) is 6.52. The van der Waals surface area contributed by atoms with Crippen LogP contribution in [0.25, 0.3) is 0 Å². The summed E-state index contributed by atoms with van der Waals surface area (Å²) >= 11 is 0. The summed E-state index contributed by atoms with van der Waals surface area (Å²) in [6.07, 6.45) is 8.42. The third-order valence-electron chi connectivity index (χ3n) is 7.09. The van der Waals surface area contributed by atoms with Gasteiger partial charge in [0.1, 0.15) is 0 Å². The minimum absolute atomic E-state index is 0.110. The largest absolute Gasteiger partial charge is 0.351 e. The van der Waals surface area contributed by atoms with Gasteiger partial charge < -0.3 is 5.32 Å². The molecule has 0 saturated heterocycles. The monoisotopic (exact) mass is 339 g/mol. The highest BCUT2D eigenvalue weighted by atomic mass is 16.1. The second-order valence-electron chi connectivity index (χ2n) is 10.4. The standard InChI is InChI=1S/C23H33NO/c1-15-7-19(5-6-20(15)22(2,3)4)21(25)24-14-23-11-16-8-17(12-23)10-18(9-16)13-23/h5-7,16-18H,8-14H2,1-4H3,(H,24,25). The van der Waals surface area contributed by atoms with Crippen molar-refractivity contribution in [2.45, 2.75) is 71.6 Å². The van der Waals surface area contributed by atoms with Crippen LogP contribution in [0.1, 0.15) is 80.8 Å². The molecule has 4 fully saturated rings. The van der Waals surface area contributed by atoms with Crippen molar-refractivity contribution in [3.05, 3.63) is 34.9 Å². The SMILES string of the molecule is Cc1cc(C(=O)NCC23CC4CC(CC(C4)C2)C3)ccc1C(C)(C)C. The van der Waals surface area contributed by atoms with Gasteiger partial charge in [-0.15, -0.1) is 0 Å². The number of hydrogen-bond donors (Lipinski definition) is 1. The quantitative estimate of drug-likeness (QED) is 0.802. The van der Waals surface area contributed by atoms with Gasteiger partial charge in [0.25, 0.3) is 5.91 Å². The van der Waals surface area contributed by atoms with Crippen LogP contribution < -0.4 is 5.32 Å². The van der Waals surface area contributed by atoms with Gasteiger partial charge >= 0.3 is 0 Å². The van der Waals surface area contributed by atoms with Crippen molar-refractivity contribution in [1.82, 2.24) is 5.32 Å². The zero-order valence-corrected chi connectivity index (χ0v) is 16.3. The van der Waals surface area contributed by atoms with Crippen molar-refractivity contribution < 1.29 is 4.79 Å².